The molecule has 0 radical (unpaired) electrons. The van der Waals surface area contributed by atoms with Crippen LogP contribution in [0.3, 0.4) is 0 Å². The average Bonchev–Trinajstić information content (AvgIpc) is 3.45. The number of nitrogens with zero attached hydrogens (tertiary/aromatic N) is 2. The zero-order chi connectivity index (χ0) is 23.6. The van der Waals surface area contributed by atoms with Gasteiger partial charge in [-0.2, -0.15) is 23.4 Å². The Labute approximate surface area is 187 Å². The topological polar surface area (TPSA) is 114 Å². The van der Waals surface area contributed by atoms with E-state index >= 15 is 0 Å². The maximum absolute atomic E-state index is 13.1. The lowest BCUT2D eigenvalue weighted by Gasteiger charge is -2.15. The van der Waals surface area contributed by atoms with E-state index in [9.17, 15) is 18.3 Å². The molecular formula is C22H22F3N7O. The molecule has 1 atom stereocenters. The summed E-state index contributed by atoms with van der Waals surface area (Å²) in [5, 5.41) is 31.3. The van der Waals surface area contributed by atoms with Gasteiger partial charge in [-0.1, -0.05) is 24.3 Å². The van der Waals surface area contributed by atoms with Gasteiger partial charge in [0.25, 0.3) is 0 Å². The van der Waals surface area contributed by atoms with Gasteiger partial charge in [-0.05, 0) is 48.9 Å². The summed E-state index contributed by atoms with van der Waals surface area (Å²) in [6.45, 7) is 1.93. The van der Waals surface area contributed by atoms with Crippen LogP contribution in [0.25, 0.3) is 22.4 Å². The first-order valence-corrected chi connectivity index (χ1v) is 10.0. The van der Waals surface area contributed by atoms with Crippen molar-refractivity contribution in [2.75, 3.05) is 17.7 Å². The highest BCUT2D eigenvalue weighted by Crippen LogP contribution is 2.36. The maximum atomic E-state index is 13.1. The lowest BCUT2D eigenvalue weighted by atomic mass is 10.0. The van der Waals surface area contributed by atoms with E-state index in [0.717, 1.165) is 22.5 Å². The molecule has 0 amide bonds. The Balaban J connectivity index is 1.49. The van der Waals surface area contributed by atoms with Gasteiger partial charge < -0.3 is 15.7 Å². The van der Waals surface area contributed by atoms with Gasteiger partial charge in [0.05, 0.1) is 5.69 Å². The normalized spacial score (nSPS) is 12.5. The average molecular weight is 457 g/mol. The van der Waals surface area contributed by atoms with Crippen LogP contribution in [-0.2, 0) is 6.18 Å². The molecule has 4 rings (SSSR count). The molecule has 2 aromatic heterocycles. The van der Waals surface area contributed by atoms with Crippen molar-refractivity contribution in [3.63, 3.8) is 0 Å². The summed E-state index contributed by atoms with van der Waals surface area (Å²) >= 11 is 0. The molecule has 0 aliphatic carbocycles. The number of benzene rings is 2. The molecule has 0 fully saturated rings. The van der Waals surface area contributed by atoms with Gasteiger partial charge in [0.1, 0.15) is 0 Å². The van der Waals surface area contributed by atoms with Crippen LogP contribution in [0, 0.1) is 6.92 Å². The zero-order valence-corrected chi connectivity index (χ0v) is 17.7. The van der Waals surface area contributed by atoms with E-state index in [1.165, 1.54) is 6.20 Å². The minimum Gasteiger partial charge on any atom is -0.361 e. The Kier molecular flexibility index (Phi) is 6.07. The number of nitrogens with one attached hydrogen (secondary N) is 5. The van der Waals surface area contributed by atoms with Gasteiger partial charge in [0.15, 0.2) is 17.9 Å². The van der Waals surface area contributed by atoms with Gasteiger partial charge in [-0.25, -0.2) is 0 Å². The van der Waals surface area contributed by atoms with Gasteiger partial charge in [-0.15, -0.1) is 0 Å². The number of alkyl halides is 3. The van der Waals surface area contributed by atoms with E-state index in [0.29, 0.717) is 17.1 Å². The third-order valence-electron chi connectivity index (χ3n) is 5.06. The number of halogens is 3. The number of aromatic amines is 2. The van der Waals surface area contributed by atoms with Gasteiger partial charge in [0, 0.05) is 29.2 Å². The van der Waals surface area contributed by atoms with Crippen LogP contribution < -0.4 is 16.0 Å². The highest BCUT2D eigenvalue weighted by atomic mass is 19.4. The SMILES string of the molecule is CNC(O)Nc1ccc(Nc2cc(-c3ccc(-c4c[nH]nc4C(F)(F)F)cc3)[nH]n2)c(C)c1. The number of aliphatic hydroxyl groups is 1. The monoisotopic (exact) mass is 457 g/mol. The summed E-state index contributed by atoms with van der Waals surface area (Å²) in [5.74, 6) is 0.585. The van der Waals surface area contributed by atoms with Gasteiger partial charge in [0.2, 0.25) is 0 Å². The molecule has 0 saturated carbocycles. The Hall–Kier alpha value is -3.83. The number of hydrogen-bond acceptors (Lipinski definition) is 6. The number of H-pyrrole nitrogens is 2. The Morgan fingerprint density at radius 2 is 1.73 bits per heavy atom. The second kappa shape index (κ2) is 8.96. The van der Waals surface area contributed by atoms with Crippen molar-refractivity contribution < 1.29 is 18.3 Å². The van der Waals surface area contributed by atoms with Crippen molar-refractivity contribution >= 4 is 17.2 Å². The van der Waals surface area contributed by atoms with Crippen LogP contribution in [0.2, 0.25) is 0 Å². The first-order valence-electron chi connectivity index (χ1n) is 10.0. The molecular weight excluding hydrogens is 435 g/mol. The minimum atomic E-state index is -4.53. The molecule has 33 heavy (non-hydrogen) atoms. The smallest absolute Gasteiger partial charge is 0.361 e. The summed E-state index contributed by atoms with van der Waals surface area (Å²) in [7, 11) is 1.64. The molecule has 8 nitrogen and oxygen atoms in total. The van der Waals surface area contributed by atoms with Gasteiger partial charge >= 0.3 is 6.18 Å². The molecule has 172 valence electrons. The van der Waals surface area contributed by atoms with E-state index in [1.54, 1.807) is 31.3 Å². The molecule has 0 aliphatic heterocycles. The van der Waals surface area contributed by atoms with Crippen molar-refractivity contribution in [3.8, 4) is 22.4 Å². The third-order valence-corrected chi connectivity index (χ3v) is 5.06. The molecule has 1 unspecified atom stereocenters. The predicted octanol–water partition coefficient (Wildman–Crippen LogP) is 4.44. The van der Waals surface area contributed by atoms with E-state index in [1.807, 2.05) is 31.2 Å². The molecule has 0 spiro atoms. The van der Waals surface area contributed by atoms with Crippen LogP contribution in [0.1, 0.15) is 11.3 Å². The third kappa shape index (κ3) is 4.99. The number of anilines is 3. The zero-order valence-electron chi connectivity index (χ0n) is 17.7. The molecule has 0 bridgehead atoms. The number of aromatic nitrogens is 4. The van der Waals surface area contributed by atoms with Crippen LogP contribution in [-0.4, -0.2) is 38.9 Å². The van der Waals surface area contributed by atoms with Crippen molar-refractivity contribution in [1.82, 2.24) is 25.7 Å². The molecule has 2 heterocycles. The fraction of sp³-hybridized carbons (Fsp3) is 0.182. The van der Waals surface area contributed by atoms with Crippen LogP contribution in [0.4, 0.5) is 30.4 Å². The quantitative estimate of drug-likeness (QED) is 0.229. The number of aliphatic hydroxyl groups excluding tert-OH is 1. The van der Waals surface area contributed by atoms with E-state index < -0.39 is 18.2 Å². The van der Waals surface area contributed by atoms with E-state index in [2.05, 4.69) is 36.3 Å². The number of hydrogen-bond donors (Lipinski definition) is 6. The molecule has 4 aromatic rings. The molecule has 2 aromatic carbocycles. The molecule has 6 N–H and O–H groups in total. The second-order valence-corrected chi connectivity index (χ2v) is 7.38. The summed E-state index contributed by atoms with van der Waals surface area (Å²) in [5.41, 5.74) is 3.48. The fourth-order valence-electron chi connectivity index (χ4n) is 3.35. The van der Waals surface area contributed by atoms with Crippen molar-refractivity contribution in [2.45, 2.75) is 19.5 Å². The van der Waals surface area contributed by atoms with Crippen LogP contribution in [0.15, 0.2) is 54.7 Å². The van der Waals surface area contributed by atoms with Crippen molar-refractivity contribution in [2.24, 2.45) is 0 Å². The summed E-state index contributed by atoms with van der Waals surface area (Å²) < 4.78 is 39.3. The highest BCUT2D eigenvalue weighted by molar-refractivity contribution is 5.72. The summed E-state index contributed by atoms with van der Waals surface area (Å²) in [4.78, 5) is 0. The highest BCUT2D eigenvalue weighted by Gasteiger charge is 2.36. The minimum absolute atomic E-state index is 0.00309. The van der Waals surface area contributed by atoms with Gasteiger partial charge in [-0.3, -0.25) is 15.5 Å². The Bertz CT molecular complexity index is 1230. The maximum Gasteiger partial charge on any atom is 0.435 e. The van der Waals surface area contributed by atoms with Crippen molar-refractivity contribution in [3.05, 3.63) is 66.0 Å². The van der Waals surface area contributed by atoms with E-state index in [4.69, 9.17) is 0 Å². The number of rotatable bonds is 7. The standard InChI is InChI=1S/C22H22F3N7O/c1-12-9-15(28-21(33)26-2)7-8-17(12)29-19-10-18(30-31-19)14-5-3-13(4-6-14)16-11-27-32-20(16)22(23,24)25/h3-11,21,26,28,33H,1-2H3,(H,27,32)(H2,29,30,31). The van der Waals surface area contributed by atoms with Crippen molar-refractivity contribution in [1.29, 1.82) is 0 Å². The first kappa shape index (κ1) is 22.4. The molecule has 0 saturated heterocycles. The second-order valence-electron chi connectivity index (χ2n) is 7.38. The lowest BCUT2D eigenvalue weighted by molar-refractivity contribution is -0.140. The van der Waals surface area contributed by atoms with Crippen LogP contribution in [0.5, 0.6) is 0 Å². The van der Waals surface area contributed by atoms with Crippen LogP contribution >= 0.6 is 0 Å². The molecule has 0 aliphatic rings. The lowest BCUT2D eigenvalue weighted by Crippen LogP contribution is -2.32. The predicted molar refractivity (Wildman–Crippen MR) is 120 cm³/mol. The molecule has 11 heteroatoms. The fourth-order valence-corrected chi connectivity index (χ4v) is 3.35. The summed E-state index contributed by atoms with van der Waals surface area (Å²) in [6.07, 6.45) is -4.15. The summed E-state index contributed by atoms with van der Waals surface area (Å²) in [6, 6.07) is 14.1. The van der Waals surface area contributed by atoms with E-state index in [-0.39, 0.29) is 5.56 Å². The largest absolute Gasteiger partial charge is 0.435 e. The Morgan fingerprint density at radius 1 is 1.00 bits per heavy atom. The Morgan fingerprint density at radius 3 is 2.39 bits per heavy atom. The first-order chi connectivity index (χ1) is 15.7. The number of aryl methyl sites for hydroxylation is 1.